The summed E-state index contributed by atoms with van der Waals surface area (Å²) in [6.45, 7) is 0.739. The van der Waals surface area contributed by atoms with Crippen molar-refractivity contribution in [1.82, 2.24) is 14.8 Å². The summed E-state index contributed by atoms with van der Waals surface area (Å²) in [5.74, 6) is 1.05. The minimum atomic E-state index is -0.197. The van der Waals surface area contributed by atoms with Crippen molar-refractivity contribution in [2.45, 2.75) is 13.0 Å². The highest BCUT2D eigenvalue weighted by Gasteiger charge is 2.08. The fraction of sp³-hybridized carbons (Fsp3) is 0.167. The van der Waals surface area contributed by atoms with Crippen molar-refractivity contribution < 1.29 is 9.53 Å². The molecular formula is C18H18N4O2. The molecule has 6 heteroatoms. The molecule has 6 nitrogen and oxygen atoms in total. The van der Waals surface area contributed by atoms with Crippen molar-refractivity contribution in [2.24, 2.45) is 0 Å². The number of aryl methyl sites for hydroxylation is 2. The number of benzene rings is 1. The molecule has 0 unspecified atom stereocenters. The molecule has 0 bridgehead atoms. The van der Waals surface area contributed by atoms with E-state index < -0.39 is 0 Å². The molecule has 0 fully saturated rings. The van der Waals surface area contributed by atoms with E-state index in [0.29, 0.717) is 17.1 Å². The molecule has 3 aromatic rings. The fourth-order valence-electron chi connectivity index (χ4n) is 2.28. The largest absolute Gasteiger partial charge is 0.497 e. The Hall–Kier alpha value is -3.15. The first-order valence-corrected chi connectivity index (χ1v) is 7.62. The van der Waals surface area contributed by atoms with Gasteiger partial charge in [0, 0.05) is 36.8 Å². The van der Waals surface area contributed by atoms with Gasteiger partial charge in [0.15, 0.2) is 5.82 Å². The number of aromatic nitrogens is 3. The molecule has 0 saturated heterocycles. The normalized spacial score (nSPS) is 10.4. The van der Waals surface area contributed by atoms with Gasteiger partial charge in [-0.15, -0.1) is 0 Å². The van der Waals surface area contributed by atoms with E-state index in [9.17, 15) is 4.79 Å². The lowest BCUT2D eigenvalue weighted by molar-refractivity contribution is 0.102. The van der Waals surface area contributed by atoms with E-state index >= 15 is 0 Å². The summed E-state index contributed by atoms with van der Waals surface area (Å²) in [6.07, 6.45) is 6.26. The molecule has 0 spiro atoms. The second-order valence-corrected chi connectivity index (χ2v) is 5.25. The van der Waals surface area contributed by atoms with Crippen LogP contribution in [0.4, 0.5) is 5.82 Å². The molecule has 2 heterocycles. The SMILES string of the molecule is COc1ccc(C(=O)Nc2ccn(CCc3ccncc3)n2)cc1. The Morgan fingerprint density at radius 3 is 2.58 bits per heavy atom. The average Bonchev–Trinajstić information content (AvgIpc) is 3.08. The maximum atomic E-state index is 12.2. The highest BCUT2D eigenvalue weighted by molar-refractivity contribution is 6.03. The van der Waals surface area contributed by atoms with Crippen LogP contribution in [-0.4, -0.2) is 27.8 Å². The second kappa shape index (κ2) is 7.41. The van der Waals surface area contributed by atoms with Gasteiger partial charge < -0.3 is 10.1 Å². The number of methoxy groups -OCH3 is 1. The van der Waals surface area contributed by atoms with Crippen molar-refractivity contribution in [2.75, 3.05) is 12.4 Å². The first kappa shape index (κ1) is 15.7. The third-order valence-electron chi connectivity index (χ3n) is 3.61. The topological polar surface area (TPSA) is 69.0 Å². The molecule has 0 aliphatic rings. The number of carbonyl (C=O) groups excluding carboxylic acids is 1. The monoisotopic (exact) mass is 322 g/mol. The fourth-order valence-corrected chi connectivity index (χ4v) is 2.28. The van der Waals surface area contributed by atoms with Crippen molar-refractivity contribution in [3.63, 3.8) is 0 Å². The third-order valence-corrected chi connectivity index (χ3v) is 3.61. The number of nitrogens with zero attached hydrogens (tertiary/aromatic N) is 3. The van der Waals surface area contributed by atoms with E-state index in [4.69, 9.17) is 4.74 Å². The number of ether oxygens (including phenoxy) is 1. The zero-order valence-electron chi connectivity index (χ0n) is 13.3. The van der Waals surface area contributed by atoms with Gasteiger partial charge in [0.2, 0.25) is 0 Å². The van der Waals surface area contributed by atoms with Gasteiger partial charge >= 0.3 is 0 Å². The Morgan fingerprint density at radius 2 is 1.88 bits per heavy atom. The summed E-state index contributed by atoms with van der Waals surface area (Å²) in [5, 5.41) is 7.16. The van der Waals surface area contributed by atoms with Crippen LogP contribution in [0, 0.1) is 0 Å². The van der Waals surface area contributed by atoms with Gasteiger partial charge in [-0.05, 0) is 48.4 Å². The van der Waals surface area contributed by atoms with Gasteiger partial charge in [-0.1, -0.05) is 0 Å². The van der Waals surface area contributed by atoms with E-state index in [1.165, 1.54) is 5.56 Å². The van der Waals surface area contributed by atoms with Gasteiger partial charge in [-0.25, -0.2) is 0 Å². The quantitative estimate of drug-likeness (QED) is 0.757. The zero-order chi connectivity index (χ0) is 16.8. The first-order chi connectivity index (χ1) is 11.7. The van der Waals surface area contributed by atoms with E-state index in [2.05, 4.69) is 15.4 Å². The standard InChI is InChI=1S/C18H18N4O2/c1-24-16-4-2-15(3-5-16)18(23)20-17-9-13-22(21-17)12-8-14-6-10-19-11-7-14/h2-7,9-11,13H,8,12H2,1H3,(H,20,21,23). The molecule has 1 aromatic carbocycles. The molecule has 24 heavy (non-hydrogen) atoms. The molecule has 122 valence electrons. The lowest BCUT2D eigenvalue weighted by Crippen LogP contribution is -2.12. The number of nitrogens with one attached hydrogen (secondary N) is 1. The molecule has 1 N–H and O–H groups in total. The molecule has 0 aliphatic heterocycles. The number of rotatable bonds is 6. The summed E-state index contributed by atoms with van der Waals surface area (Å²) in [4.78, 5) is 16.2. The van der Waals surface area contributed by atoms with E-state index in [1.807, 2.05) is 23.0 Å². The van der Waals surface area contributed by atoms with Crippen molar-refractivity contribution >= 4 is 11.7 Å². The van der Waals surface area contributed by atoms with Gasteiger partial charge in [0.05, 0.1) is 7.11 Å². The van der Waals surface area contributed by atoms with E-state index in [1.54, 1.807) is 49.8 Å². The summed E-state index contributed by atoms with van der Waals surface area (Å²) >= 11 is 0. The number of amides is 1. The number of hydrogen-bond acceptors (Lipinski definition) is 4. The Morgan fingerprint density at radius 1 is 1.12 bits per heavy atom. The highest BCUT2D eigenvalue weighted by Crippen LogP contribution is 2.13. The van der Waals surface area contributed by atoms with E-state index in [-0.39, 0.29) is 5.91 Å². The van der Waals surface area contributed by atoms with Crippen LogP contribution in [0.15, 0.2) is 61.1 Å². The van der Waals surface area contributed by atoms with Crippen LogP contribution >= 0.6 is 0 Å². The van der Waals surface area contributed by atoms with Crippen LogP contribution in [-0.2, 0) is 13.0 Å². The third kappa shape index (κ3) is 3.98. The Labute approximate surface area is 140 Å². The maximum Gasteiger partial charge on any atom is 0.256 e. The van der Waals surface area contributed by atoms with Crippen molar-refractivity contribution in [1.29, 1.82) is 0 Å². The Bertz CT molecular complexity index is 797. The molecule has 1 amide bonds. The Kier molecular flexibility index (Phi) is 4.86. The Balaban J connectivity index is 1.57. The molecule has 0 atom stereocenters. The molecule has 3 rings (SSSR count). The summed E-state index contributed by atoms with van der Waals surface area (Å²) in [5.41, 5.74) is 1.76. The van der Waals surface area contributed by atoms with Crippen LogP contribution in [0.1, 0.15) is 15.9 Å². The van der Waals surface area contributed by atoms with E-state index in [0.717, 1.165) is 13.0 Å². The molecule has 0 saturated carbocycles. The van der Waals surface area contributed by atoms with Crippen LogP contribution in [0.25, 0.3) is 0 Å². The zero-order valence-corrected chi connectivity index (χ0v) is 13.3. The molecule has 0 radical (unpaired) electrons. The number of hydrogen-bond donors (Lipinski definition) is 1. The maximum absolute atomic E-state index is 12.2. The predicted octanol–water partition coefficient (Wildman–Crippen LogP) is 2.78. The lowest BCUT2D eigenvalue weighted by atomic mass is 10.2. The van der Waals surface area contributed by atoms with Crippen LogP contribution in [0.5, 0.6) is 5.75 Å². The van der Waals surface area contributed by atoms with Gasteiger partial charge in [-0.2, -0.15) is 5.10 Å². The number of anilines is 1. The van der Waals surface area contributed by atoms with Crippen molar-refractivity contribution in [3.8, 4) is 5.75 Å². The number of carbonyl (C=O) groups is 1. The summed E-state index contributed by atoms with van der Waals surface area (Å²) < 4.78 is 6.89. The molecular weight excluding hydrogens is 304 g/mol. The van der Waals surface area contributed by atoms with Crippen molar-refractivity contribution in [3.05, 3.63) is 72.2 Å². The smallest absolute Gasteiger partial charge is 0.256 e. The minimum Gasteiger partial charge on any atom is -0.497 e. The summed E-state index contributed by atoms with van der Waals surface area (Å²) in [6, 6.07) is 12.7. The average molecular weight is 322 g/mol. The minimum absolute atomic E-state index is 0.197. The predicted molar refractivity (Wildman–Crippen MR) is 91.1 cm³/mol. The van der Waals surface area contributed by atoms with Gasteiger partial charge in [-0.3, -0.25) is 14.5 Å². The van der Waals surface area contributed by atoms with Crippen LogP contribution in [0.2, 0.25) is 0 Å². The molecule has 2 aromatic heterocycles. The van der Waals surface area contributed by atoms with Crippen LogP contribution < -0.4 is 10.1 Å². The van der Waals surface area contributed by atoms with Crippen LogP contribution in [0.3, 0.4) is 0 Å². The lowest BCUT2D eigenvalue weighted by Gasteiger charge is -2.04. The highest BCUT2D eigenvalue weighted by atomic mass is 16.5. The van der Waals surface area contributed by atoms with Gasteiger partial charge in [0.25, 0.3) is 5.91 Å². The van der Waals surface area contributed by atoms with Gasteiger partial charge in [0.1, 0.15) is 5.75 Å². The first-order valence-electron chi connectivity index (χ1n) is 7.62. The summed E-state index contributed by atoms with van der Waals surface area (Å²) in [7, 11) is 1.59. The second-order valence-electron chi connectivity index (χ2n) is 5.25. The molecule has 0 aliphatic carbocycles. The number of pyridine rings is 1.